The standard InChI is InChI=1S/C21H13Cl2N3O2S/c22-13-7-9-16(23)18(11-13)24-19(27)12-6-8-15-17(10-12)25-21(29)26(20(15)28)14-4-2-1-3-5-14/h1-11H,(H,24,27)(H,25,29). The maximum Gasteiger partial charge on any atom is 0.266 e. The molecule has 0 spiro atoms. The van der Waals surface area contributed by atoms with Crippen LogP contribution in [0, 0.1) is 4.77 Å². The Hall–Kier alpha value is -2.93. The normalized spacial score (nSPS) is 10.8. The summed E-state index contributed by atoms with van der Waals surface area (Å²) in [5.74, 6) is -0.386. The molecule has 4 rings (SSSR count). The van der Waals surface area contributed by atoms with Gasteiger partial charge in [0.2, 0.25) is 0 Å². The van der Waals surface area contributed by atoms with Gasteiger partial charge in [0, 0.05) is 10.6 Å². The van der Waals surface area contributed by atoms with Gasteiger partial charge in [-0.1, -0.05) is 41.4 Å². The van der Waals surface area contributed by atoms with E-state index in [1.54, 1.807) is 48.5 Å². The fourth-order valence-electron chi connectivity index (χ4n) is 2.96. The molecule has 1 aromatic heterocycles. The number of rotatable bonds is 3. The fraction of sp³-hybridized carbons (Fsp3) is 0. The van der Waals surface area contributed by atoms with Crippen LogP contribution in [0.3, 0.4) is 0 Å². The number of amides is 1. The predicted octanol–water partition coefficient (Wildman–Crippen LogP) is 5.61. The van der Waals surface area contributed by atoms with E-state index in [2.05, 4.69) is 10.3 Å². The molecule has 0 saturated heterocycles. The van der Waals surface area contributed by atoms with Crippen LogP contribution in [0.2, 0.25) is 10.0 Å². The third-order valence-corrected chi connectivity index (χ3v) is 5.20. The number of nitrogens with zero attached hydrogens (tertiary/aromatic N) is 1. The first kappa shape index (κ1) is 19.4. The van der Waals surface area contributed by atoms with Crippen LogP contribution in [0.25, 0.3) is 16.6 Å². The van der Waals surface area contributed by atoms with Gasteiger partial charge in [-0.2, -0.15) is 0 Å². The van der Waals surface area contributed by atoms with Crippen molar-refractivity contribution in [2.75, 3.05) is 5.32 Å². The van der Waals surface area contributed by atoms with Crippen LogP contribution < -0.4 is 10.9 Å². The predicted molar refractivity (Wildman–Crippen MR) is 119 cm³/mol. The van der Waals surface area contributed by atoms with E-state index in [1.807, 2.05) is 18.2 Å². The van der Waals surface area contributed by atoms with Crippen molar-refractivity contribution in [1.82, 2.24) is 9.55 Å². The Morgan fingerprint density at radius 1 is 1.00 bits per heavy atom. The average molecular weight is 442 g/mol. The van der Waals surface area contributed by atoms with E-state index in [4.69, 9.17) is 35.4 Å². The summed E-state index contributed by atoms with van der Waals surface area (Å²) < 4.78 is 1.66. The molecule has 0 bridgehead atoms. The summed E-state index contributed by atoms with van der Waals surface area (Å²) in [4.78, 5) is 28.6. The first-order chi connectivity index (χ1) is 13.9. The SMILES string of the molecule is O=C(Nc1cc(Cl)ccc1Cl)c1ccc2c(=O)n(-c3ccccc3)c(=S)[nH]c2c1. The zero-order valence-electron chi connectivity index (χ0n) is 14.8. The molecule has 4 aromatic rings. The van der Waals surface area contributed by atoms with E-state index in [1.165, 1.54) is 4.57 Å². The molecule has 1 heterocycles. The van der Waals surface area contributed by atoms with Gasteiger partial charge in [-0.3, -0.25) is 14.2 Å². The molecule has 29 heavy (non-hydrogen) atoms. The summed E-state index contributed by atoms with van der Waals surface area (Å²) in [7, 11) is 0. The van der Waals surface area contributed by atoms with Crippen molar-refractivity contribution in [1.29, 1.82) is 0 Å². The highest BCUT2D eigenvalue weighted by Gasteiger charge is 2.13. The molecule has 0 radical (unpaired) electrons. The molecule has 144 valence electrons. The summed E-state index contributed by atoms with van der Waals surface area (Å²) in [6.45, 7) is 0. The highest BCUT2D eigenvalue weighted by molar-refractivity contribution is 7.71. The summed E-state index contributed by atoms with van der Waals surface area (Å²) in [6.07, 6.45) is 0. The van der Waals surface area contributed by atoms with Crippen LogP contribution in [0.1, 0.15) is 10.4 Å². The molecule has 0 aliphatic heterocycles. The average Bonchev–Trinajstić information content (AvgIpc) is 2.71. The second-order valence-corrected chi connectivity index (χ2v) is 7.48. The molecule has 5 nitrogen and oxygen atoms in total. The monoisotopic (exact) mass is 441 g/mol. The van der Waals surface area contributed by atoms with Crippen molar-refractivity contribution in [3.05, 3.63) is 97.5 Å². The molecule has 0 saturated carbocycles. The van der Waals surface area contributed by atoms with Crippen molar-refractivity contribution in [2.45, 2.75) is 0 Å². The Kier molecular flexibility index (Phi) is 5.24. The minimum Gasteiger partial charge on any atom is -0.331 e. The quantitative estimate of drug-likeness (QED) is 0.406. The summed E-state index contributed by atoms with van der Waals surface area (Å²) in [5.41, 5.74) is 1.61. The largest absolute Gasteiger partial charge is 0.331 e. The van der Waals surface area contributed by atoms with Crippen LogP contribution >= 0.6 is 35.4 Å². The highest BCUT2D eigenvalue weighted by atomic mass is 35.5. The number of carbonyl (C=O) groups excluding carboxylic acids is 1. The van der Waals surface area contributed by atoms with Gasteiger partial charge in [-0.05, 0) is 60.7 Å². The zero-order valence-corrected chi connectivity index (χ0v) is 17.1. The van der Waals surface area contributed by atoms with Gasteiger partial charge in [0.25, 0.3) is 11.5 Å². The lowest BCUT2D eigenvalue weighted by Gasteiger charge is -2.10. The van der Waals surface area contributed by atoms with Crippen molar-refractivity contribution in [3.8, 4) is 5.69 Å². The Balaban J connectivity index is 1.75. The first-order valence-electron chi connectivity index (χ1n) is 8.55. The molecule has 0 unspecified atom stereocenters. The van der Waals surface area contributed by atoms with E-state index >= 15 is 0 Å². The van der Waals surface area contributed by atoms with Crippen molar-refractivity contribution in [3.63, 3.8) is 0 Å². The summed E-state index contributed by atoms with van der Waals surface area (Å²) >= 11 is 17.4. The molecule has 0 fully saturated rings. The number of benzene rings is 3. The maximum absolute atomic E-state index is 12.9. The summed E-state index contributed by atoms with van der Waals surface area (Å²) in [6, 6.07) is 18.7. The lowest BCUT2D eigenvalue weighted by atomic mass is 10.1. The number of carbonyl (C=O) groups is 1. The molecule has 0 atom stereocenters. The lowest BCUT2D eigenvalue weighted by Crippen LogP contribution is -2.21. The molecular formula is C21H13Cl2N3O2S. The minimum absolute atomic E-state index is 0.240. The number of aromatic amines is 1. The number of nitrogens with one attached hydrogen (secondary N) is 2. The topological polar surface area (TPSA) is 66.9 Å². The van der Waals surface area contributed by atoms with E-state index in [0.717, 1.165) is 0 Å². The van der Waals surface area contributed by atoms with Crippen molar-refractivity contribution in [2.24, 2.45) is 0 Å². The van der Waals surface area contributed by atoms with Crippen LogP contribution in [0.4, 0.5) is 5.69 Å². The lowest BCUT2D eigenvalue weighted by molar-refractivity contribution is 0.102. The zero-order chi connectivity index (χ0) is 20.5. The number of para-hydroxylation sites is 1. The molecule has 2 N–H and O–H groups in total. The smallest absolute Gasteiger partial charge is 0.266 e. The van der Waals surface area contributed by atoms with Gasteiger partial charge in [0.05, 0.1) is 27.3 Å². The third kappa shape index (κ3) is 3.82. The molecular weight excluding hydrogens is 429 g/mol. The highest BCUT2D eigenvalue weighted by Crippen LogP contribution is 2.26. The summed E-state index contributed by atoms with van der Waals surface area (Å²) in [5, 5.41) is 3.96. The number of H-pyrrole nitrogens is 1. The van der Waals surface area contributed by atoms with Crippen LogP contribution in [-0.4, -0.2) is 15.5 Å². The number of fused-ring (bicyclic) bond motifs is 1. The third-order valence-electron chi connectivity index (χ3n) is 4.35. The molecule has 0 aliphatic rings. The molecule has 3 aromatic carbocycles. The Morgan fingerprint density at radius 2 is 1.76 bits per heavy atom. The van der Waals surface area contributed by atoms with Crippen LogP contribution in [0.5, 0.6) is 0 Å². The second kappa shape index (κ2) is 7.83. The van der Waals surface area contributed by atoms with Gasteiger partial charge in [0.15, 0.2) is 4.77 Å². The Morgan fingerprint density at radius 3 is 2.52 bits per heavy atom. The van der Waals surface area contributed by atoms with Gasteiger partial charge in [0.1, 0.15) is 0 Å². The fourth-order valence-corrected chi connectivity index (χ4v) is 3.59. The second-order valence-electron chi connectivity index (χ2n) is 6.24. The Bertz CT molecular complexity index is 1360. The van der Waals surface area contributed by atoms with Gasteiger partial charge in [-0.15, -0.1) is 0 Å². The molecule has 0 aliphatic carbocycles. The van der Waals surface area contributed by atoms with Crippen LogP contribution in [0.15, 0.2) is 71.5 Å². The van der Waals surface area contributed by atoms with E-state index in [-0.39, 0.29) is 16.2 Å². The maximum atomic E-state index is 12.9. The molecule has 1 amide bonds. The van der Waals surface area contributed by atoms with Crippen molar-refractivity contribution >= 4 is 57.9 Å². The van der Waals surface area contributed by atoms with E-state index in [0.29, 0.717) is 37.9 Å². The minimum atomic E-state index is -0.386. The van der Waals surface area contributed by atoms with Gasteiger partial charge >= 0.3 is 0 Å². The number of hydrogen-bond donors (Lipinski definition) is 2. The number of hydrogen-bond acceptors (Lipinski definition) is 3. The van der Waals surface area contributed by atoms with Gasteiger partial charge in [-0.25, -0.2) is 0 Å². The van der Waals surface area contributed by atoms with E-state index < -0.39 is 0 Å². The first-order valence-corrected chi connectivity index (χ1v) is 9.71. The van der Waals surface area contributed by atoms with Gasteiger partial charge < -0.3 is 10.3 Å². The van der Waals surface area contributed by atoms with Crippen LogP contribution in [-0.2, 0) is 0 Å². The number of anilines is 1. The number of aromatic nitrogens is 2. The number of halogens is 2. The Labute approximate surface area is 180 Å². The van der Waals surface area contributed by atoms with E-state index in [9.17, 15) is 9.59 Å². The van der Waals surface area contributed by atoms with Crippen molar-refractivity contribution < 1.29 is 4.79 Å². The molecule has 8 heteroatoms.